The van der Waals surface area contributed by atoms with Gasteiger partial charge in [0.1, 0.15) is 5.00 Å². The summed E-state index contributed by atoms with van der Waals surface area (Å²) in [5.74, 6) is -0.817. The molecule has 0 radical (unpaired) electrons. The summed E-state index contributed by atoms with van der Waals surface area (Å²) in [6.07, 6.45) is -0.484. The van der Waals surface area contributed by atoms with Crippen LogP contribution >= 0.6 is 22.9 Å². The van der Waals surface area contributed by atoms with E-state index >= 15 is 0 Å². The first-order chi connectivity index (χ1) is 12.9. The van der Waals surface area contributed by atoms with Crippen molar-refractivity contribution >= 4 is 45.5 Å². The Bertz CT molecular complexity index is 922. The van der Waals surface area contributed by atoms with Crippen molar-refractivity contribution in [3.05, 3.63) is 50.9 Å². The van der Waals surface area contributed by atoms with Crippen molar-refractivity contribution in [3.63, 3.8) is 0 Å². The lowest BCUT2D eigenvalue weighted by molar-refractivity contribution is -0.125. The highest BCUT2D eigenvalue weighted by Crippen LogP contribution is 2.33. The second kappa shape index (κ2) is 8.10. The fourth-order valence-electron chi connectivity index (χ4n) is 2.73. The van der Waals surface area contributed by atoms with Crippen LogP contribution in [0, 0.1) is 13.8 Å². The van der Waals surface area contributed by atoms with E-state index < -0.39 is 12.1 Å². The van der Waals surface area contributed by atoms with Crippen molar-refractivity contribution < 1.29 is 19.2 Å². The predicted octanol–water partition coefficient (Wildman–Crippen LogP) is 4.33. The zero-order valence-corrected chi connectivity index (χ0v) is 16.7. The van der Waals surface area contributed by atoms with Gasteiger partial charge in [0.15, 0.2) is 0 Å². The van der Waals surface area contributed by atoms with Crippen molar-refractivity contribution in [3.8, 4) is 0 Å². The van der Waals surface area contributed by atoms with Gasteiger partial charge in [-0.1, -0.05) is 35.0 Å². The van der Waals surface area contributed by atoms with E-state index in [0.29, 0.717) is 27.7 Å². The number of oxime groups is 1. The first kappa shape index (κ1) is 19.4. The molecular weight excluding hydrogens is 388 g/mol. The van der Waals surface area contributed by atoms with E-state index in [2.05, 4.69) is 10.5 Å². The quantitative estimate of drug-likeness (QED) is 0.750. The molecule has 1 aliphatic rings. The molecule has 1 N–H and O–H groups in total. The molecule has 1 aromatic carbocycles. The van der Waals surface area contributed by atoms with Crippen molar-refractivity contribution in [1.82, 2.24) is 0 Å². The summed E-state index contributed by atoms with van der Waals surface area (Å²) >= 11 is 7.52. The summed E-state index contributed by atoms with van der Waals surface area (Å²) in [7, 11) is 0. The van der Waals surface area contributed by atoms with Crippen molar-refractivity contribution in [2.45, 2.75) is 33.3 Å². The minimum absolute atomic E-state index is 0.265. The molecule has 0 unspecified atom stereocenters. The number of rotatable bonds is 5. The molecule has 0 saturated carbocycles. The van der Waals surface area contributed by atoms with Crippen LogP contribution in [0.5, 0.6) is 0 Å². The van der Waals surface area contributed by atoms with Gasteiger partial charge in [0.05, 0.1) is 17.9 Å². The largest absolute Gasteiger partial charge is 0.462 e. The van der Waals surface area contributed by atoms with E-state index in [0.717, 1.165) is 16.0 Å². The molecule has 0 bridgehead atoms. The Morgan fingerprint density at radius 3 is 2.81 bits per heavy atom. The molecule has 8 heteroatoms. The number of carbonyl (C=O) groups excluding carboxylic acids is 2. The Morgan fingerprint density at radius 1 is 1.37 bits per heavy atom. The van der Waals surface area contributed by atoms with Crippen molar-refractivity contribution in [2.75, 3.05) is 11.9 Å². The summed E-state index contributed by atoms with van der Waals surface area (Å²) < 4.78 is 5.11. The molecule has 3 rings (SSSR count). The molecule has 1 aromatic heterocycles. The Kier molecular flexibility index (Phi) is 5.82. The molecule has 2 aromatic rings. The number of thiophene rings is 1. The molecule has 2 heterocycles. The van der Waals surface area contributed by atoms with Crippen LogP contribution in [0.2, 0.25) is 5.02 Å². The molecule has 6 nitrogen and oxygen atoms in total. The molecule has 142 valence electrons. The monoisotopic (exact) mass is 406 g/mol. The van der Waals surface area contributed by atoms with E-state index in [1.807, 2.05) is 32.0 Å². The fourth-order valence-corrected chi connectivity index (χ4v) is 4.03. The fraction of sp³-hybridized carbons (Fsp3) is 0.316. The number of hydrogen-bond acceptors (Lipinski definition) is 6. The number of aryl methyl sites for hydroxylation is 1. The molecule has 0 spiro atoms. The first-order valence-corrected chi connectivity index (χ1v) is 9.67. The normalized spacial score (nSPS) is 15.9. The maximum atomic E-state index is 12.6. The summed E-state index contributed by atoms with van der Waals surface area (Å²) in [4.78, 5) is 31.1. The zero-order chi connectivity index (χ0) is 19.6. The summed E-state index contributed by atoms with van der Waals surface area (Å²) in [5.41, 5.74) is 2.54. The number of anilines is 1. The lowest BCUT2D eigenvalue weighted by atomic mass is 10.0. The van der Waals surface area contributed by atoms with Gasteiger partial charge in [-0.2, -0.15) is 0 Å². The number of esters is 1. The maximum absolute atomic E-state index is 12.6. The van der Waals surface area contributed by atoms with E-state index in [-0.39, 0.29) is 12.5 Å². The molecule has 27 heavy (non-hydrogen) atoms. The van der Waals surface area contributed by atoms with E-state index in [1.165, 1.54) is 11.3 Å². The number of amides is 1. The highest BCUT2D eigenvalue weighted by molar-refractivity contribution is 7.16. The van der Waals surface area contributed by atoms with Crippen molar-refractivity contribution in [1.29, 1.82) is 0 Å². The van der Waals surface area contributed by atoms with Gasteiger partial charge < -0.3 is 14.9 Å². The molecule has 0 fully saturated rings. The van der Waals surface area contributed by atoms with Gasteiger partial charge in [0.25, 0.3) is 5.91 Å². The van der Waals surface area contributed by atoms with Crippen LogP contribution in [-0.4, -0.2) is 30.3 Å². The minimum Gasteiger partial charge on any atom is -0.462 e. The Hall–Kier alpha value is -2.38. The number of halogens is 1. The van der Waals surface area contributed by atoms with Gasteiger partial charge in [-0.05, 0) is 32.4 Å². The molecule has 1 amide bonds. The summed E-state index contributed by atoms with van der Waals surface area (Å²) in [6, 6.07) is 7.26. The lowest BCUT2D eigenvalue weighted by Gasteiger charge is -2.10. The van der Waals surface area contributed by atoms with E-state index in [4.69, 9.17) is 21.2 Å². The highest BCUT2D eigenvalue weighted by atomic mass is 35.5. The van der Waals surface area contributed by atoms with Gasteiger partial charge >= 0.3 is 5.97 Å². The average molecular weight is 407 g/mol. The molecule has 0 aliphatic carbocycles. The van der Waals surface area contributed by atoms with Gasteiger partial charge in [-0.15, -0.1) is 11.3 Å². The third-order valence-electron chi connectivity index (χ3n) is 4.25. The van der Waals surface area contributed by atoms with Crippen LogP contribution in [0.25, 0.3) is 0 Å². The Labute approximate surface area is 166 Å². The van der Waals surface area contributed by atoms with E-state index in [1.54, 1.807) is 13.0 Å². The Balaban J connectivity index is 1.73. The summed E-state index contributed by atoms with van der Waals surface area (Å²) in [6.45, 7) is 5.73. The van der Waals surface area contributed by atoms with Crippen LogP contribution in [0.1, 0.15) is 39.7 Å². The van der Waals surface area contributed by atoms with Crippen LogP contribution in [0.4, 0.5) is 5.00 Å². The number of carbonyl (C=O) groups is 2. The SMILES string of the molecule is CCOC(=O)c1c(NC(=O)[C@H]2CC(c3ccccc3Cl)=NO2)sc(C)c1C. The van der Waals surface area contributed by atoms with Crippen molar-refractivity contribution in [2.24, 2.45) is 5.16 Å². The number of nitrogens with zero attached hydrogens (tertiary/aromatic N) is 1. The zero-order valence-electron chi connectivity index (χ0n) is 15.2. The van der Waals surface area contributed by atoms with Crippen LogP contribution in [0.15, 0.2) is 29.4 Å². The molecule has 1 atom stereocenters. The van der Waals surface area contributed by atoms with Gasteiger partial charge in [0, 0.05) is 21.9 Å². The van der Waals surface area contributed by atoms with Gasteiger partial charge in [-0.25, -0.2) is 4.79 Å². The Morgan fingerprint density at radius 2 is 2.11 bits per heavy atom. The molecular formula is C19H19ClN2O4S. The maximum Gasteiger partial charge on any atom is 0.341 e. The second-order valence-electron chi connectivity index (χ2n) is 6.01. The molecule has 1 aliphatic heterocycles. The van der Waals surface area contributed by atoms with Gasteiger partial charge in [-0.3, -0.25) is 4.79 Å². The third kappa shape index (κ3) is 3.99. The van der Waals surface area contributed by atoms with Gasteiger partial charge in [0.2, 0.25) is 6.10 Å². The lowest BCUT2D eigenvalue weighted by Crippen LogP contribution is -2.28. The number of ether oxygens (including phenoxy) is 1. The molecule has 0 saturated heterocycles. The number of hydrogen-bond donors (Lipinski definition) is 1. The topological polar surface area (TPSA) is 77.0 Å². The number of benzene rings is 1. The second-order valence-corrected chi connectivity index (χ2v) is 7.65. The average Bonchev–Trinajstić information content (AvgIpc) is 3.21. The third-order valence-corrected chi connectivity index (χ3v) is 5.70. The highest BCUT2D eigenvalue weighted by Gasteiger charge is 2.31. The standard InChI is InChI=1S/C19H19ClN2O4S/c1-4-25-19(24)16-10(2)11(3)27-18(16)21-17(23)15-9-14(22-26-15)12-7-5-6-8-13(12)20/h5-8,15H,4,9H2,1-3H3,(H,21,23)/t15-/m1/s1. The van der Waals surface area contributed by atoms with E-state index in [9.17, 15) is 9.59 Å². The summed E-state index contributed by atoms with van der Waals surface area (Å²) in [5, 5.41) is 7.80. The minimum atomic E-state index is -0.783. The number of nitrogens with one attached hydrogen (secondary N) is 1. The van der Waals surface area contributed by atoms with Crippen LogP contribution in [-0.2, 0) is 14.4 Å². The smallest absolute Gasteiger partial charge is 0.341 e. The van der Waals surface area contributed by atoms with Crippen LogP contribution < -0.4 is 5.32 Å². The first-order valence-electron chi connectivity index (χ1n) is 8.48. The van der Waals surface area contributed by atoms with Crippen LogP contribution in [0.3, 0.4) is 0 Å². The predicted molar refractivity (Wildman–Crippen MR) is 106 cm³/mol.